The molecule has 0 aromatic heterocycles. The van der Waals surface area contributed by atoms with Crippen LogP contribution in [0.3, 0.4) is 0 Å². The summed E-state index contributed by atoms with van der Waals surface area (Å²) in [6.45, 7) is 0. The predicted octanol–water partition coefficient (Wildman–Crippen LogP) is 4.75. The third-order valence-electron chi connectivity index (χ3n) is 2.67. The van der Waals surface area contributed by atoms with Gasteiger partial charge in [-0.25, -0.2) is 0 Å². The highest BCUT2D eigenvalue weighted by Gasteiger charge is 2.14. The third-order valence-corrected chi connectivity index (χ3v) is 4.28. The smallest absolute Gasteiger partial charge is 0.256 e. The molecule has 108 valence electrons. The normalized spacial score (nSPS) is 10.2. The second-order valence-electron chi connectivity index (χ2n) is 4.13. The Bertz CT molecular complexity index is 737. The number of carbonyl (C=O) groups is 1. The van der Waals surface area contributed by atoms with Gasteiger partial charge in [-0.2, -0.15) is 0 Å². The molecule has 0 aliphatic heterocycles. The minimum atomic E-state index is -0.283. The molecule has 0 unspecified atom stereocenters. The van der Waals surface area contributed by atoms with Crippen LogP contribution in [-0.4, -0.2) is 10.9 Å². The highest BCUT2D eigenvalue weighted by molar-refractivity contribution is 9.10. The highest BCUT2D eigenvalue weighted by atomic mass is 79.9. The summed E-state index contributed by atoms with van der Waals surface area (Å²) in [5, 5.41) is 3.35. The molecular weight excluding hydrogens is 439 g/mol. The van der Waals surface area contributed by atoms with Gasteiger partial charge in [0.15, 0.2) is 0 Å². The first-order valence-corrected chi connectivity index (χ1v) is 8.11. The number of hydrogen-bond acceptors (Lipinski definition) is 2. The van der Waals surface area contributed by atoms with E-state index in [0.717, 1.165) is 4.47 Å². The van der Waals surface area contributed by atoms with Crippen LogP contribution in [0.25, 0.3) is 0 Å². The third kappa shape index (κ3) is 4.03. The Balaban J connectivity index is 2.35. The molecule has 0 aliphatic rings. The van der Waals surface area contributed by atoms with E-state index in [9.17, 15) is 4.79 Å². The summed E-state index contributed by atoms with van der Waals surface area (Å²) in [6, 6.07) is 10.3. The van der Waals surface area contributed by atoms with Gasteiger partial charge in [-0.05, 0) is 52.3 Å². The molecule has 0 bridgehead atoms. The van der Waals surface area contributed by atoms with Crippen LogP contribution in [0, 0.1) is 0 Å². The first-order chi connectivity index (χ1) is 9.88. The molecule has 2 aromatic rings. The van der Waals surface area contributed by atoms with Crippen molar-refractivity contribution in [3.05, 3.63) is 61.5 Å². The lowest BCUT2D eigenvalue weighted by Crippen LogP contribution is -2.18. The summed E-state index contributed by atoms with van der Waals surface area (Å²) in [6.07, 6.45) is 0. The van der Waals surface area contributed by atoms with E-state index >= 15 is 0 Å². The second kappa shape index (κ2) is 6.87. The summed E-state index contributed by atoms with van der Waals surface area (Å²) in [7, 11) is 0. The number of carbonyl (C=O) groups excluding carboxylic acids is 1. The monoisotopic (exact) mass is 446 g/mol. The van der Waals surface area contributed by atoms with Crippen molar-refractivity contribution in [1.82, 2.24) is 0 Å². The van der Waals surface area contributed by atoms with E-state index in [1.165, 1.54) is 0 Å². The number of hydrogen-bond donors (Lipinski definition) is 2. The topological polar surface area (TPSA) is 55.1 Å². The van der Waals surface area contributed by atoms with Crippen LogP contribution >= 0.6 is 55.7 Å². The molecule has 0 spiro atoms. The molecule has 1 amide bonds. The van der Waals surface area contributed by atoms with E-state index in [1.54, 1.807) is 30.3 Å². The molecular formula is C14H9Br2ClN2OS. The SMILES string of the molecule is NC(=S)c1ccc(Br)cc1NC(=O)c1ccc(Cl)cc1Br. The molecule has 2 rings (SSSR count). The summed E-state index contributed by atoms with van der Waals surface area (Å²) in [4.78, 5) is 12.6. The number of anilines is 1. The minimum absolute atomic E-state index is 0.216. The molecule has 3 N–H and O–H groups in total. The van der Waals surface area contributed by atoms with Gasteiger partial charge in [0.05, 0.1) is 11.3 Å². The average Bonchev–Trinajstić information content (AvgIpc) is 2.37. The first-order valence-electron chi connectivity index (χ1n) is 5.74. The number of nitrogens with two attached hydrogens (primary N) is 1. The van der Waals surface area contributed by atoms with Gasteiger partial charge in [-0.15, -0.1) is 0 Å². The van der Waals surface area contributed by atoms with Gasteiger partial charge in [0.1, 0.15) is 4.99 Å². The lowest BCUT2D eigenvalue weighted by molar-refractivity contribution is 0.102. The van der Waals surface area contributed by atoms with Crippen LogP contribution in [0.15, 0.2) is 45.3 Å². The maximum Gasteiger partial charge on any atom is 0.256 e. The summed E-state index contributed by atoms with van der Waals surface area (Å²) >= 11 is 17.5. The van der Waals surface area contributed by atoms with Crippen LogP contribution < -0.4 is 11.1 Å². The van der Waals surface area contributed by atoms with Crippen LogP contribution in [0.4, 0.5) is 5.69 Å². The number of benzene rings is 2. The van der Waals surface area contributed by atoms with Crippen molar-refractivity contribution >= 4 is 72.3 Å². The fraction of sp³-hybridized carbons (Fsp3) is 0. The van der Waals surface area contributed by atoms with Crippen molar-refractivity contribution in [2.45, 2.75) is 0 Å². The summed E-state index contributed by atoms with van der Waals surface area (Å²) in [5.74, 6) is -0.283. The number of rotatable bonds is 3. The molecule has 2 aromatic carbocycles. The van der Waals surface area contributed by atoms with Crippen molar-refractivity contribution in [2.24, 2.45) is 5.73 Å². The molecule has 0 atom stereocenters. The summed E-state index contributed by atoms with van der Waals surface area (Å²) in [5.41, 5.74) is 7.28. The molecule has 3 nitrogen and oxygen atoms in total. The van der Waals surface area contributed by atoms with Gasteiger partial charge in [-0.1, -0.05) is 39.7 Å². The maximum absolute atomic E-state index is 12.3. The van der Waals surface area contributed by atoms with E-state index in [2.05, 4.69) is 37.2 Å². The van der Waals surface area contributed by atoms with Gasteiger partial charge < -0.3 is 11.1 Å². The standard InChI is InChI=1S/C14H9Br2ClN2OS/c15-7-1-3-10(13(18)21)12(5-7)19-14(20)9-4-2-8(17)6-11(9)16/h1-6H,(H2,18,21)(H,19,20). The molecule has 0 heterocycles. The number of nitrogens with one attached hydrogen (secondary N) is 1. The molecule has 21 heavy (non-hydrogen) atoms. The van der Waals surface area contributed by atoms with Crippen LogP contribution in [0.1, 0.15) is 15.9 Å². The minimum Gasteiger partial charge on any atom is -0.389 e. The quantitative estimate of drug-likeness (QED) is 0.666. The highest BCUT2D eigenvalue weighted by Crippen LogP contribution is 2.25. The lowest BCUT2D eigenvalue weighted by atomic mass is 10.1. The van der Waals surface area contributed by atoms with Crippen LogP contribution in [0.2, 0.25) is 5.02 Å². The van der Waals surface area contributed by atoms with Crippen molar-refractivity contribution in [1.29, 1.82) is 0 Å². The Morgan fingerprint density at radius 1 is 1.14 bits per heavy atom. The Kier molecular flexibility index (Phi) is 5.37. The Hall–Kier alpha value is -0.950. The van der Waals surface area contributed by atoms with Gasteiger partial charge in [0.25, 0.3) is 5.91 Å². The van der Waals surface area contributed by atoms with Gasteiger partial charge in [-0.3, -0.25) is 4.79 Å². The molecule has 0 fully saturated rings. The number of halogens is 3. The number of thiocarbonyl (C=S) groups is 1. The fourth-order valence-electron chi connectivity index (χ4n) is 1.70. The fourth-order valence-corrected chi connectivity index (χ4v) is 3.10. The van der Waals surface area contributed by atoms with Crippen molar-refractivity contribution in [3.8, 4) is 0 Å². The van der Waals surface area contributed by atoms with E-state index in [1.807, 2.05) is 6.07 Å². The molecule has 0 saturated heterocycles. The molecule has 0 aliphatic carbocycles. The van der Waals surface area contributed by atoms with Gasteiger partial charge in [0, 0.05) is 19.5 Å². The van der Waals surface area contributed by atoms with Crippen molar-refractivity contribution < 1.29 is 4.79 Å². The maximum atomic E-state index is 12.3. The Labute approximate surface area is 149 Å². The van der Waals surface area contributed by atoms with Gasteiger partial charge >= 0.3 is 0 Å². The second-order valence-corrected chi connectivity index (χ2v) is 6.78. The van der Waals surface area contributed by atoms with E-state index in [0.29, 0.717) is 26.3 Å². The van der Waals surface area contributed by atoms with E-state index in [-0.39, 0.29) is 10.9 Å². The van der Waals surface area contributed by atoms with Crippen molar-refractivity contribution in [3.63, 3.8) is 0 Å². The Morgan fingerprint density at radius 3 is 2.43 bits per heavy atom. The van der Waals surface area contributed by atoms with E-state index in [4.69, 9.17) is 29.6 Å². The Morgan fingerprint density at radius 2 is 1.81 bits per heavy atom. The largest absolute Gasteiger partial charge is 0.389 e. The van der Waals surface area contributed by atoms with Crippen molar-refractivity contribution in [2.75, 3.05) is 5.32 Å². The molecule has 0 saturated carbocycles. The first kappa shape index (κ1) is 16.4. The zero-order valence-electron chi connectivity index (χ0n) is 10.5. The molecule has 7 heteroatoms. The zero-order valence-corrected chi connectivity index (χ0v) is 15.2. The summed E-state index contributed by atoms with van der Waals surface area (Å²) < 4.78 is 1.42. The van der Waals surface area contributed by atoms with E-state index < -0.39 is 0 Å². The number of amides is 1. The van der Waals surface area contributed by atoms with Crippen LogP contribution in [0.5, 0.6) is 0 Å². The predicted molar refractivity (Wildman–Crippen MR) is 97.1 cm³/mol. The zero-order chi connectivity index (χ0) is 15.6. The van der Waals surface area contributed by atoms with Gasteiger partial charge in [0.2, 0.25) is 0 Å². The molecule has 0 radical (unpaired) electrons. The average molecular weight is 449 g/mol. The lowest BCUT2D eigenvalue weighted by Gasteiger charge is -2.11. The van der Waals surface area contributed by atoms with Crippen LogP contribution in [-0.2, 0) is 0 Å².